The average Bonchev–Trinajstić information content (AvgIpc) is 2.78. The molecule has 1 aliphatic rings. The van der Waals surface area contributed by atoms with Crippen LogP contribution in [0.5, 0.6) is 0 Å². The van der Waals surface area contributed by atoms with Crippen molar-refractivity contribution in [1.82, 2.24) is 4.90 Å². The van der Waals surface area contributed by atoms with Crippen molar-refractivity contribution in [3.8, 4) is 0 Å². The number of ether oxygens (including phenoxy) is 4. The average molecular weight is 464 g/mol. The fourth-order valence-electron chi connectivity index (χ4n) is 3.94. The van der Waals surface area contributed by atoms with Gasteiger partial charge in [-0.3, -0.25) is 4.90 Å². The Labute approximate surface area is 197 Å². The molecule has 186 valence electrons. The van der Waals surface area contributed by atoms with Crippen molar-refractivity contribution < 1.29 is 18.9 Å². The summed E-state index contributed by atoms with van der Waals surface area (Å²) in [5.41, 5.74) is 0. The Morgan fingerprint density at radius 2 is 1.26 bits per heavy atom. The van der Waals surface area contributed by atoms with Gasteiger partial charge < -0.3 is 18.9 Å². The van der Waals surface area contributed by atoms with Crippen molar-refractivity contribution >= 4 is 11.6 Å². The maximum absolute atomic E-state index is 6.52. The van der Waals surface area contributed by atoms with E-state index in [9.17, 15) is 0 Å². The molecule has 0 amide bonds. The van der Waals surface area contributed by atoms with Gasteiger partial charge in [0, 0.05) is 38.9 Å². The molecule has 0 aliphatic carbocycles. The van der Waals surface area contributed by atoms with Crippen molar-refractivity contribution in [3.63, 3.8) is 0 Å². The molecule has 0 bridgehead atoms. The molecule has 1 aliphatic heterocycles. The quantitative estimate of drug-likeness (QED) is 0.172. The van der Waals surface area contributed by atoms with Gasteiger partial charge in [0.25, 0.3) is 0 Å². The highest BCUT2D eigenvalue weighted by Gasteiger charge is 2.45. The van der Waals surface area contributed by atoms with Gasteiger partial charge in [0.1, 0.15) is 12.2 Å². The van der Waals surface area contributed by atoms with E-state index in [1.54, 1.807) is 0 Å². The summed E-state index contributed by atoms with van der Waals surface area (Å²) in [5.74, 6) is 0.666. The molecule has 4 atom stereocenters. The van der Waals surface area contributed by atoms with Crippen molar-refractivity contribution in [2.24, 2.45) is 0 Å². The zero-order valence-corrected chi connectivity index (χ0v) is 21.5. The molecule has 0 unspecified atom stereocenters. The lowest BCUT2D eigenvalue weighted by Crippen LogP contribution is -2.65. The molecule has 1 saturated heterocycles. The first-order valence-corrected chi connectivity index (χ1v) is 13.5. The first-order chi connectivity index (χ1) is 15.2. The summed E-state index contributed by atoms with van der Waals surface area (Å²) in [7, 11) is 0. The molecule has 6 heteroatoms. The smallest absolute Gasteiger partial charge is 0.113 e. The van der Waals surface area contributed by atoms with Crippen LogP contribution in [-0.4, -0.2) is 81.3 Å². The van der Waals surface area contributed by atoms with E-state index < -0.39 is 0 Å². The third-order valence-electron chi connectivity index (χ3n) is 5.91. The van der Waals surface area contributed by atoms with Crippen molar-refractivity contribution in [1.29, 1.82) is 0 Å². The second kappa shape index (κ2) is 19.5. The minimum atomic E-state index is -0.0488. The predicted octanol–water partition coefficient (Wildman–Crippen LogP) is 5.67. The molecule has 0 aromatic rings. The van der Waals surface area contributed by atoms with E-state index in [1.807, 2.05) is 0 Å². The number of hydrogen-bond acceptors (Lipinski definition) is 5. The number of unbranched alkanes of at least 4 members (excludes halogenated alkanes) is 4. The zero-order chi connectivity index (χ0) is 22.7. The molecular weight excluding hydrogens is 414 g/mol. The Bertz CT molecular complexity index is 400. The largest absolute Gasteiger partial charge is 0.380 e. The number of hydrogen-bond donors (Lipinski definition) is 0. The highest BCUT2D eigenvalue weighted by Crippen LogP contribution is 2.28. The monoisotopic (exact) mass is 463 g/mol. The van der Waals surface area contributed by atoms with Crippen molar-refractivity contribution in [2.45, 2.75) is 110 Å². The number of rotatable bonds is 20. The normalized spacial score (nSPS) is 24.7. The summed E-state index contributed by atoms with van der Waals surface area (Å²) in [6.45, 7) is 14.4. The fraction of sp³-hybridized carbons (Fsp3) is 1.00. The van der Waals surface area contributed by atoms with Gasteiger partial charge in [0.15, 0.2) is 0 Å². The van der Waals surface area contributed by atoms with Crippen molar-refractivity contribution in [2.75, 3.05) is 52.0 Å². The van der Waals surface area contributed by atoms with Gasteiger partial charge in [-0.15, -0.1) is 11.6 Å². The molecule has 1 rings (SSSR count). The molecule has 0 aromatic carbocycles. The molecule has 1 fully saturated rings. The van der Waals surface area contributed by atoms with Gasteiger partial charge in [-0.25, -0.2) is 0 Å². The highest BCUT2D eigenvalue weighted by atomic mass is 35.5. The minimum Gasteiger partial charge on any atom is -0.380 e. The van der Waals surface area contributed by atoms with Crippen LogP contribution < -0.4 is 0 Å². The second-order valence-electron chi connectivity index (χ2n) is 8.67. The fourth-order valence-corrected chi connectivity index (χ4v) is 4.06. The van der Waals surface area contributed by atoms with Gasteiger partial charge >= 0.3 is 0 Å². The minimum absolute atomic E-state index is 0.0252. The lowest BCUT2D eigenvalue weighted by atomic mass is 9.93. The van der Waals surface area contributed by atoms with Crippen LogP contribution in [0, 0.1) is 0 Å². The van der Waals surface area contributed by atoms with Crippen LogP contribution in [0.25, 0.3) is 0 Å². The zero-order valence-electron chi connectivity index (χ0n) is 20.8. The van der Waals surface area contributed by atoms with Crippen LogP contribution in [0.2, 0.25) is 0 Å². The standard InChI is InChI=1S/C25H50ClNO4/c1-5-9-16-28-21-22-24(30-18-11-7-3)25(31-19-12-8-4)23(29-17-10-6-2)20-27(22)15-13-14-26/h22-25H,5-21H2,1-4H3/t22-,23+,24-,25-/m1/s1. The summed E-state index contributed by atoms with van der Waals surface area (Å²) in [6, 6.07) is 0.176. The van der Waals surface area contributed by atoms with Crippen LogP contribution in [0.15, 0.2) is 0 Å². The molecule has 0 aromatic heterocycles. The van der Waals surface area contributed by atoms with E-state index in [1.165, 1.54) is 0 Å². The molecule has 0 saturated carbocycles. The van der Waals surface area contributed by atoms with E-state index in [4.69, 9.17) is 30.5 Å². The summed E-state index contributed by atoms with van der Waals surface area (Å²) < 4.78 is 25.5. The lowest BCUT2D eigenvalue weighted by Gasteiger charge is -2.48. The maximum Gasteiger partial charge on any atom is 0.113 e. The molecular formula is C25H50ClNO4. The summed E-state index contributed by atoms with van der Waals surface area (Å²) in [6.07, 6.45) is 9.71. The van der Waals surface area contributed by atoms with Gasteiger partial charge in [-0.05, 0) is 38.6 Å². The Balaban J connectivity index is 3.02. The summed E-state index contributed by atoms with van der Waals surface area (Å²) in [4.78, 5) is 2.49. The number of likely N-dealkylation sites (tertiary alicyclic amines) is 1. The predicted molar refractivity (Wildman–Crippen MR) is 130 cm³/mol. The third kappa shape index (κ3) is 11.7. The number of piperidine rings is 1. The van der Waals surface area contributed by atoms with Gasteiger partial charge in [-0.2, -0.15) is 0 Å². The molecule has 31 heavy (non-hydrogen) atoms. The second-order valence-corrected chi connectivity index (χ2v) is 9.05. The summed E-state index contributed by atoms with van der Waals surface area (Å²) in [5, 5.41) is 0. The van der Waals surface area contributed by atoms with E-state index in [2.05, 4.69) is 32.6 Å². The maximum atomic E-state index is 6.52. The Kier molecular flexibility index (Phi) is 18.4. The summed E-state index contributed by atoms with van der Waals surface area (Å²) >= 11 is 6.06. The van der Waals surface area contributed by atoms with Gasteiger partial charge in [0.2, 0.25) is 0 Å². The Morgan fingerprint density at radius 1 is 0.710 bits per heavy atom. The molecule has 0 N–H and O–H groups in total. The number of alkyl halides is 1. The van der Waals surface area contributed by atoms with Gasteiger partial charge in [-0.1, -0.05) is 53.4 Å². The molecule has 0 spiro atoms. The first kappa shape index (κ1) is 29.1. The Morgan fingerprint density at radius 3 is 1.84 bits per heavy atom. The van der Waals surface area contributed by atoms with Crippen LogP contribution in [-0.2, 0) is 18.9 Å². The third-order valence-corrected chi connectivity index (χ3v) is 6.18. The van der Waals surface area contributed by atoms with E-state index in [0.29, 0.717) is 12.5 Å². The van der Waals surface area contributed by atoms with E-state index in [-0.39, 0.29) is 24.4 Å². The first-order valence-electron chi connectivity index (χ1n) is 13.0. The molecule has 1 heterocycles. The van der Waals surface area contributed by atoms with Crippen LogP contribution in [0.3, 0.4) is 0 Å². The van der Waals surface area contributed by atoms with E-state index in [0.717, 1.165) is 97.3 Å². The highest BCUT2D eigenvalue weighted by molar-refractivity contribution is 6.17. The molecule has 5 nitrogen and oxygen atoms in total. The Hall–Kier alpha value is 0.0900. The molecule has 0 radical (unpaired) electrons. The van der Waals surface area contributed by atoms with Crippen LogP contribution >= 0.6 is 11.6 Å². The number of halogens is 1. The van der Waals surface area contributed by atoms with Crippen LogP contribution in [0.1, 0.15) is 85.5 Å². The van der Waals surface area contributed by atoms with E-state index >= 15 is 0 Å². The van der Waals surface area contributed by atoms with Crippen LogP contribution in [0.4, 0.5) is 0 Å². The van der Waals surface area contributed by atoms with Gasteiger partial charge in [0.05, 0.1) is 18.8 Å². The lowest BCUT2D eigenvalue weighted by molar-refractivity contribution is -0.201. The topological polar surface area (TPSA) is 40.2 Å². The van der Waals surface area contributed by atoms with Crippen molar-refractivity contribution in [3.05, 3.63) is 0 Å². The number of nitrogens with zero attached hydrogens (tertiary/aromatic N) is 1. The SMILES string of the molecule is CCCCOC[C@@H]1[C@@H](OCCCC)[C@H](OCCCC)[C@@H](OCCCC)CN1CCCCl.